The first kappa shape index (κ1) is 13.1. The molecule has 16 heavy (non-hydrogen) atoms. The van der Waals surface area contributed by atoms with Gasteiger partial charge in [0.05, 0.1) is 23.1 Å². The average molecular weight is 263 g/mol. The summed E-state index contributed by atoms with van der Waals surface area (Å²) in [6.45, 7) is 2.58. The fourth-order valence-electron chi connectivity index (χ4n) is 1.06. The lowest BCUT2D eigenvalue weighted by Gasteiger charge is -2.06. The maximum absolute atomic E-state index is 11.0. The molecule has 0 saturated heterocycles. The first-order valence-electron chi connectivity index (χ1n) is 4.84. The van der Waals surface area contributed by atoms with E-state index in [1.807, 2.05) is 0 Å². The van der Waals surface area contributed by atoms with Crippen LogP contribution in [0, 0.1) is 0 Å². The van der Waals surface area contributed by atoms with E-state index in [1.54, 1.807) is 13.0 Å². The minimum absolute atomic E-state index is 0.250. The van der Waals surface area contributed by atoms with Crippen LogP contribution in [0.5, 0.6) is 0 Å². The van der Waals surface area contributed by atoms with Crippen LogP contribution >= 0.6 is 23.2 Å². The van der Waals surface area contributed by atoms with Crippen LogP contribution < -0.4 is 5.32 Å². The van der Waals surface area contributed by atoms with E-state index >= 15 is 0 Å². The Bertz CT molecular complexity index is 372. The number of carbonyl (C=O) groups excluding carboxylic acids is 1. The maximum Gasteiger partial charge on any atom is 0.307 e. The number of nitrogens with one attached hydrogen (secondary N) is 1. The van der Waals surface area contributed by atoms with Crippen LogP contribution in [-0.2, 0) is 9.53 Å². The predicted octanol–water partition coefficient (Wildman–Crippen LogP) is 2.75. The fraction of sp³-hybridized carbons (Fsp3) is 0.400. The van der Waals surface area contributed by atoms with E-state index < -0.39 is 0 Å². The predicted molar refractivity (Wildman–Crippen MR) is 64.0 cm³/mol. The van der Waals surface area contributed by atoms with E-state index in [9.17, 15) is 4.79 Å². The van der Waals surface area contributed by atoms with E-state index in [2.05, 4.69) is 10.3 Å². The van der Waals surface area contributed by atoms with Crippen LogP contribution in [0.2, 0.25) is 10.0 Å². The van der Waals surface area contributed by atoms with Gasteiger partial charge in [-0.2, -0.15) is 0 Å². The zero-order chi connectivity index (χ0) is 12.0. The van der Waals surface area contributed by atoms with Crippen molar-refractivity contribution in [1.82, 2.24) is 4.98 Å². The molecule has 0 aromatic carbocycles. The van der Waals surface area contributed by atoms with Crippen LogP contribution in [0.15, 0.2) is 12.3 Å². The van der Waals surface area contributed by atoms with E-state index in [0.717, 1.165) is 0 Å². The third kappa shape index (κ3) is 4.24. The number of pyridine rings is 1. The lowest BCUT2D eigenvalue weighted by atomic mass is 10.4. The molecule has 6 heteroatoms. The second kappa shape index (κ2) is 6.55. The Balaban J connectivity index is 2.40. The summed E-state index contributed by atoms with van der Waals surface area (Å²) in [5.74, 6) is 0.260. The van der Waals surface area contributed by atoms with Crippen LogP contribution in [0.4, 0.5) is 5.82 Å². The Morgan fingerprint density at radius 1 is 1.56 bits per heavy atom. The van der Waals surface area contributed by atoms with Crippen molar-refractivity contribution < 1.29 is 9.53 Å². The number of nitrogens with zero attached hydrogens (tertiary/aromatic N) is 1. The number of esters is 1. The minimum atomic E-state index is -0.250. The van der Waals surface area contributed by atoms with Crippen molar-refractivity contribution in [3.8, 4) is 0 Å². The summed E-state index contributed by atoms with van der Waals surface area (Å²) in [4.78, 5) is 15.0. The smallest absolute Gasteiger partial charge is 0.307 e. The van der Waals surface area contributed by atoms with Gasteiger partial charge in [0, 0.05) is 12.7 Å². The number of anilines is 1. The van der Waals surface area contributed by atoms with Crippen LogP contribution in [-0.4, -0.2) is 24.1 Å². The minimum Gasteiger partial charge on any atom is -0.466 e. The SMILES string of the molecule is CCOC(=O)CCNc1ncc(Cl)cc1Cl. The van der Waals surface area contributed by atoms with Gasteiger partial charge in [0.15, 0.2) is 0 Å². The molecule has 0 aliphatic carbocycles. The quantitative estimate of drug-likeness (QED) is 0.830. The molecule has 1 aromatic heterocycles. The molecule has 1 heterocycles. The molecule has 0 unspecified atom stereocenters. The van der Waals surface area contributed by atoms with Gasteiger partial charge < -0.3 is 10.1 Å². The molecule has 0 saturated carbocycles. The zero-order valence-corrected chi connectivity index (χ0v) is 10.3. The summed E-state index contributed by atoms with van der Waals surface area (Å²) in [7, 11) is 0. The van der Waals surface area contributed by atoms with Gasteiger partial charge in [0.2, 0.25) is 0 Å². The molecule has 0 bridgehead atoms. The third-order valence-electron chi connectivity index (χ3n) is 1.73. The van der Waals surface area contributed by atoms with Gasteiger partial charge in [-0.3, -0.25) is 4.79 Å². The van der Waals surface area contributed by atoms with E-state index in [0.29, 0.717) is 29.0 Å². The highest BCUT2D eigenvalue weighted by Crippen LogP contribution is 2.22. The Morgan fingerprint density at radius 3 is 2.94 bits per heavy atom. The highest BCUT2D eigenvalue weighted by atomic mass is 35.5. The van der Waals surface area contributed by atoms with Crippen LogP contribution in [0.25, 0.3) is 0 Å². The Labute approximate surface area is 104 Å². The highest BCUT2D eigenvalue weighted by molar-refractivity contribution is 6.35. The Morgan fingerprint density at radius 2 is 2.31 bits per heavy atom. The number of hydrogen-bond acceptors (Lipinski definition) is 4. The number of halogens is 2. The second-order valence-electron chi connectivity index (χ2n) is 2.97. The third-order valence-corrected chi connectivity index (χ3v) is 2.23. The molecule has 0 aliphatic rings. The number of ether oxygens (including phenoxy) is 1. The summed E-state index contributed by atoms with van der Waals surface area (Å²) in [6.07, 6.45) is 1.76. The summed E-state index contributed by atoms with van der Waals surface area (Å²) in [5.41, 5.74) is 0. The first-order valence-corrected chi connectivity index (χ1v) is 5.59. The van der Waals surface area contributed by atoms with Crippen LogP contribution in [0.1, 0.15) is 13.3 Å². The summed E-state index contributed by atoms with van der Waals surface area (Å²) >= 11 is 11.6. The monoisotopic (exact) mass is 262 g/mol. The van der Waals surface area contributed by atoms with Crippen molar-refractivity contribution >= 4 is 35.0 Å². The van der Waals surface area contributed by atoms with Crippen molar-refractivity contribution in [2.75, 3.05) is 18.5 Å². The zero-order valence-electron chi connectivity index (χ0n) is 8.80. The van der Waals surface area contributed by atoms with Gasteiger partial charge in [-0.15, -0.1) is 0 Å². The van der Waals surface area contributed by atoms with Gasteiger partial charge in [-0.05, 0) is 13.0 Å². The standard InChI is InChI=1S/C10H12Cl2N2O2/c1-2-16-9(15)3-4-13-10-8(12)5-7(11)6-14-10/h5-6H,2-4H2,1H3,(H,13,14). The number of hydrogen-bond donors (Lipinski definition) is 1. The molecule has 0 fully saturated rings. The largest absolute Gasteiger partial charge is 0.466 e. The molecular weight excluding hydrogens is 251 g/mol. The molecule has 1 N–H and O–H groups in total. The van der Waals surface area contributed by atoms with Gasteiger partial charge in [-0.25, -0.2) is 4.98 Å². The van der Waals surface area contributed by atoms with Gasteiger partial charge >= 0.3 is 5.97 Å². The summed E-state index contributed by atoms with van der Waals surface area (Å²) < 4.78 is 4.78. The average Bonchev–Trinajstić information content (AvgIpc) is 2.22. The van der Waals surface area contributed by atoms with Crippen LogP contribution in [0.3, 0.4) is 0 Å². The molecule has 0 radical (unpaired) electrons. The lowest BCUT2D eigenvalue weighted by Crippen LogP contribution is -2.12. The van der Waals surface area contributed by atoms with Crippen molar-refractivity contribution in [3.63, 3.8) is 0 Å². The first-order chi connectivity index (χ1) is 7.63. The number of aromatic nitrogens is 1. The summed E-state index contributed by atoms with van der Waals surface area (Å²) in [5, 5.41) is 3.83. The Kier molecular flexibility index (Phi) is 5.35. The molecule has 0 amide bonds. The number of carbonyl (C=O) groups is 1. The molecular formula is C10H12Cl2N2O2. The Hall–Kier alpha value is -1.000. The van der Waals surface area contributed by atoms with E-state index in [4.69, 9.17) is 27.9 Å². The van der Waals surface area contributed by atoms with E-state index in [1.165, 1.54) is 6.20 Å². The highest BCUT2D eigenvalue weighted by Gasteiger charge is 2.04. The molecule has 88 valence electrons. The van der Waals surface area contributed by atoms with Crippen molar-refractivity contribution in [1.29, 1.82) is 0 Å². The second-order valence-corrected chi connectivity index (χ2v) is 3.81. The molecule has 1 rings (SSSR count). The fourth-order valence-corrected chi connectivity index (χ4v) is 1.51. The number of rotatable bonds is 5. The topological polar surface area (TPSA) is 51.2 Å². The van der Waals surface area contributed by atoms with E-state index in [-0.39, 0.29) is 12.4 Å². The molecule has 0 spiro atoms. The molecule has 4 nitrogen and oxygen atoms in total. The van der Waals surface area contributed by atoms with Gasteiger partial charge in [0.1, 0.15) is 5.82 Å². The van der Waals surface area contributed by atoms with Crippen molar-refractivity contribution in [2.45, 2.75) is 13.3 Å². The van der Waals surface area contributed by atoms with Crippen molar-refractivity contribution in [3.05, 3.63) is 22.3 Å². The van der Waals surface area contributed by atoms with Gasteiger partial charge in [0.25, 0.3) is 0 Å². The normalized spacial score (nSPS) is 9.94. The molecule has 1 aromatic rings. The van der Waals surface area contributed by atoms with Crippen molar-refractivity contribution in [2.24, 2.45) is 0 Å². The molecule has 0 atom stereocenters. The summed E-state index contributed by atoms with van der Waals surface area (Å²) in [6, 6.07) is 1.59. The lowest BCUT2D eigenvalue weighted by molar-refractivity contribution is -0.142. The maximum atomic E-state index is 11.0. The van der Waals surface area contributed by atoms with Gasteiger partial charge in [-0.1, -0.05) is 23.2 Å². The molecule has 0 aliphatic heterocycles.